The fourth-order valence-corrected chi connectivity index (χ4v) is 5.12. The van der Waals surface area contributed by atoms with Gasteiger partial charge < -0.3 is 15.0 Å². The van der Waals surface area contributed by atoms with Gasteiger partial charge in [0.1, 0.15) is 5.82 Å². The minimum absolute atomic E-state index is 0.00845. The van der Waals surface area contributed by atoms with Crippen LogP contribution in [0.15, 0.2) is 61.1 Å². The fourth-order valence-electron chi connectivity index (χ4n) is 5.12. The molecule has 8 nitrogen and oxygen atoms in total. The zero-order chi connectivity index (χ0) is 27.4. The first-order chi connectivity index (χ1) is 18.9. The highest BCUT2D eigenvalue weighted by molar-refractivity contribution is 6.00. The number of fused-ring (bicyclic) bond motifs is 1. The van der Waals surface area contributed by atoms with Crippen molar-refractivity contribution in [2.45, 2.75) is 26.3 Å². The number of pyridine rings is 1. The molecule has 0 bridgehead atoms. The number of methoxy groups -OCH3 is 1. The summed E-state index contributed by atoms with van der Waals surface area (Å²) in [5.41, 5.74) is 4.54. The maximum Gasteiger partial charge on any atom is 0.253 e. The number of hydrogen-bond donors (Lipinski definition) is 1. The van der Waals surface area contributed by atoms with Crippen LogP contribution in [0.3, 0.4) is 0 Å². The number of carbonyl (C=O) groups excluding carboxylic acids is 2. The van der Waals surface area contributed by atoms with Crippen molar-refractivity contribution in [3.05, 3.63) is 83.6 Å². The number of carbonyl (C=O) groups is 2. The third-order valence-corrected chi connectivity index (χ3v) is 7.36. The van der Waals surface area contributed by atoms with Gasteiger partial charge in [0.05, 0.1) is 18.3 Å². The molecule has 3 heterocycles. The summed E-state index contributed by atoms with van der Waals surface area (Å²) in [6.07, 6.45) is 6.57. The van der Waals surface area contributed by atoms with Crippen LogP contribution in [-0.2, 0) is 11.3 Å². The molecule has 39 heavy (non-hydrogen) atoms. The number of aromatic nitrogens is 3. The number of nitrogens with zero attached hydrogens (tertiary/aromatic N) is 4. The Labute approximate surface area is 226 Å². The molecule has 9 heteroatoms. The summed E-state index contributed by atoms with van der Waals surface area (Å²) in [4.78, 5) is 31.4. The lowest BCUT2D eigenvalue weighted by molar-refractivity contribution is 0.0681. The van der Waals surface area contributed by atoms with Gasteiger partial charge in [0.2, 0.25) is 0 Å². The zero-order valence-corrected chi connectivity index (χ0v) is 22.2. The third kappa shape index (κ3) is 5.98. The molecule has 202 valence electrons. The summed E-state index contributed by atoms with van der Waals surface area (Å²) in [5, 5.41) is 8.59. The van der Waals surface area contributed by atoms with E-state index in [9.17, 15) is 14.0 Å². The number of nitrogens with one attached hydrogen (secondary N) is 1. The first kappa shape index (κ1) is 26.5. The smallest absolute Gasteiger partial charge is 0.253 e. The highest BCUT2D eigenvalue weighted by Crippen LogP contribution is 2.25. The van der Waals surface area contributed by atoms with Gasteiger partial charge in [-0.3, -0.25) is 19.3 Å². The van der Waals surface area contributed by atoms with E-state index in [0.29, 0.717) is 48.8 Å². The molecule has 1 fully saturated rings. The van der Waals surface area contributed by atoms with Crippen LogP contribution < -0.4 is 5.32 Å². The number of ether oxygens (including phenoxy) is 1. The van der Waals surface area contributed by atoms with Crippen molar-refractivity contribution < 1.29 is 18.7 Å². The molecule has 2 aromatic carbocycles. The van der Waals surface area contributed by atoms with Gasteiger partial charge in [0.15, 0.2) is 0 Å². The van der Waals surface area contributed by atoms with Gasteiger partial charge in [-0.15, -0.1) is 0 Å². The van der Waals surface area contributed by atoms with E-state index >= 15 is 0 Å². The third-order valence-electron chi connectivity index (χ3n) is 7.36. The van der Waals surface area contributed by atoms with Gasteiger partial charge in [-0.25, -0.2) is 4.39 Å². The van der Waals surface area contributed by atoms with Crippen LogP contribution in [0.5, 0.6) is 0 Å². The number of amides is 2. The molecule has 2 amide bonds. The second-order valence-corrected chi connectivity index (χ2v) is 9.98. The van der Waals surface area contributed by atoms with Crippen molar-refractivity contribution in [2.75, 3.05) is 33.4 Å². The summed E-state index contributed by atoms with van der Waals surface area (Å²) in [5.74, 6) is -0.0888. The Bertz CT molecular complexity index is 1480. The molecule has 5 rings (SSSR count). The molecule has 0 saturated carbocycles. The summed E-state index contributed by atoms with van der Waals surface area (Å²) < 4.78 is 20.5. The molecule has 0 aliphatic carbocycles. The first-order valence-electron chi connectivity index (χ1n) is 13.2. The Kier molecular flexibility index (Phi) is 7.97. The second kappa shape index (κ2) is 11.7. The maximum atomic E-state index is 13.5. The van der Waals surface area contributed by atoms with Crippen LogP contribution in [0.4, 0.5) is 4.39 Å². The molecule has 2 aromatic heterocycles. The minimum Gasteiger partial charge on any atom is -0.383 e. The van der Waals surface area contributed by atoms with Crippen molar-refractivity contribution in [3.8, 4) is 11.1 Å². The predicted molar refractivity (Wildman–Crippen MR) is 147 cm³/mol. The van der Waals surface area contributed by atoms with E-state index < -0.39 is 0 Å². The van der Waals surface area contributed by atoms with Crippen molar-refractivity contribution >= 4 is 22.7 Å². The van der Waals surface area contributed by atoms with Gasteiger partial charge in [0, 0.05) is 67.8 Å². The lowest BCUT2D eigenvalue weighted by atomic mass is 9.96. The fraction of sp³-hybridized carbons (Fsp3) is 0.333. The summed E-state index contributed by atoms with van der Waals surface area (Å²) in [6, 6.07) is 12.4. The molecule has 1 saturated heterocycles. The topological polar surface area (TPSA) is 89.4 Å². The number of halogens is 1. The molecular formula is C30H32FN5O3. The molecule has 1 aliphatic rings. The Morgan fingerprint density at radius 2 is 1.85 bits per heavy atom. The van der Waals surface area contributed by atoms with Crippen LogP contribution in [-0.4, -0.2) is 64.8 Å². The van der Waals surface area contributed by atoms with Crippen molar-refractivity contribution in [1.82, 2.24) is 25.0 Å². The highest BCUT2D eigenvalue weighted by atomic mass is 19.1. The van der Waals surface area contributed by atoms with E-state index in [0.717, 1.165) is 41.4 Å². The Morgan fingerprint density at radius 1 is 1.08 bits per heavy atom. The number of aryl methyl sites for hydroxylation is 1. The summed E-state index contributed by atoms with van der Waals surface area (Å²) >= 11 is 0. The van der Waals surface area contributed by atoms with Crippen molar-refractivity contribution in [3.63, 3.8) is 0 Å². The van der Waals surface area contributed by atoms with Gasteiger partial charge in [-0.05, 0) is 67.1 Å². The quantitative estimate of drug-likeness (QED) is 0.340. The summed E-state index contributed by atoms with van der Waals surface area (Å²) in [7, 11) is 1.60. The van der Waals surface area contributed by atoms with Crippen LogP contribution in [0, 0.1) is 18.7 Å². The standard InChI is InChI=1S/C30H32FN5O3/c1-20-26(29(37)33-11-14-39-2)7-8-28-27(20)19-36(34-28)18-21-9-12-35(13-10-21)30(38)23-5-3-22(4-6-23)24-15-25(31)17-32-16-24/h3-8,15-17,19,21H,9-14,18H2,1-2H3,(H,33,37). The lowest BCUT2D eigenvalue weighted by Crippen LogP contribution is -2.39. The predicted octanol–water partition coefficient (Wildman–Crippen LogP) is 4.47. The molecule has 0 atom stereocenters. The largest absolute Gasteiger partial charge is 0.383 e. The molecule has 1 aliphatic heterocycles. The van der Waals surface area contributed by atoms with E-state index in [4.69, 9.17) is 9.84 Å². The van der Waals surface area contributed by atoms with Crippen LogP contribution in [0.25, 0.3) is 22.0 Å². The molecule has 0 unspecified atom stereocenters. The average Bonchev–Trinajstić information content (AvgIpc) is 3.37. The van der Waals surface area contributed by atoms with E-state index in [1.54, 1.807) is 25.4 Å². The van der Waals surface area contributed by atoms with Crippen molar-refractivity contribution in [1.29, 1.82) is 0 Å². The second-order valence-electron chi connectivity index (χ2n) is 9.98. The Morgan fingerprint density at radius 3 is 2.56 bits per heavy atom. The number of piperidine rings is 1. The minimum atomic E-state index is -0.389. The van der Waals surface area contributed by atoms with E-state index in [2.05, 4.69) is 10.3 Å². The van der Waals surface area contributed by atoms with E-state index in [-0.39, 0.29) is 17.6 Å². The lowest BCUT2D eigenvalue weighted by Gasteiger charge is -2.32. The number of likely N-dealkylation sites (tertiary alicyclic amines) is 1. The molecular weight excluding hydrogens is 497 g/mol. The van der Waals surface area contributed by atoms with Crippen LogP contribution in [0.1, 0.15) is 39.1 Å². The van der Waals surface area contributed by atoms with E-state index in [1.807, 2.05) is 47.0 Å². The molecule has 0 radical (unpaired) electrons. The molecule has 1 N–H and O–H groups in total. The highest BCUT2D eigenvalue weighted by Gasteiger charge is 2.24. The normalized spacial score (nSPS) is 14.1. The molecule has 4 aromatic rings. The van der Waals surface area contributed by atoms with Gasteiger partial charge in [0.25, 0.3) is 11.8 Å². The van der Waals surface area contributed by atoms with Gasteiger partial charge in [-0.1, -0.05) is 12.1 Å². The Hall–Kier alpha value is -4.11. The number of hydrogen-bond acceptors (Lipinski definition) is 5. The SMILES string of the molecule is COCCNC(=O)c1ccc2nn(CC3CCN(C(=O)c4ccc(-c5cncc(F)c5)cc4)CC3)cc2c1C. The number of benzene rings is 2. The monoisotopic (exact) mass is 529 g/mol. The zero-order valence-electron chi connectivity index (χ0n) is 22.2. The average molecular weight is 530 g/mol. The number of rotatable bonds is 8. The van der Waals surface area contributed by atoms with Gasteiger partial charge in [-0.2, -0.15) is 5.10 Å². The van der Waals surface area contributed by atoms with Crippen molar-refractivity contribution in [2.24, 2.45) is 5.92 Å². The molecule has 0 spiro atoms. The van der Waals surface area contributed by atoms with E-state index in [1.165, 1.54) is 12.3 Å². The van der Waals surface area contributed by atoms with Gasteiger partial charge >= 0.3 is 0 Å². The van der Waals surface area contributed by atoms with Crippen LogP contribution in [0.2, 0.25) is 0 Å². The first-order valence-corrected chi connectivity index (χ1v) is 13.2. The van der Waals surface area contributed by atoms with Crippen LogP contribution >= 0.6 is 0 Å². The Balaban J connectivity index is 1.18. The summed E-state index contributed by atoms with van der Waals surface area (Å²) in [6.45, 7) is 5.02. The maximum absolute atomic E-state index is 13.5.